The number of aliphatic hydroxyl groups is 1. The van der Waals surface area contributed by atoms with Crippen LogP contribution < -0.4 is 5.73 Å². The molecular weight excluding hydrogens is 617 g/mol. The van der Waals surface area contributed by atoms with Crippen LogP contribution in [0.5, 0.6) is 0 Å². The highest BCUT2D eigenvalue weighted by atomic mass is 127. The van der Waals surface area contributed by atoms with Crippen LogP contribution in [0, 0.1) is 5.92 Å². The maximum absolute atomic E-state index is 12.8. The van der Waals surface area contributed by atoms with Crippen molar-refractivity contribution < 1.29 is 24.2 Å². The van der Waals surface area contributed by atoms with E-state index >= 15 is 0 Å². The zero-order chi connectivity index (χ0) is 29.9. The minimum Gasteiger partial charge on any atom is -0.458 e. The molecule has 0 aliphatic rings. The molecule has 0 bridgehead atoms. The molecule has 1 amide bonds. The van der Waals surface area contributed by atoms with E-state index in [1.807, 2.05) is 79.5 Å². The van der Waals surface area contributed by atoms with Crippen molar-refractivity contribution in [2.45, 2.75) is 64.8 Å². The normalized spacial score (nSPS) is 15.6. The largest absolute Gasteiger partial charge is 0.458 e. The lowest BCUT2D eigenvalue weighted by molar-refractivity contribution is -0.144. The van der Waals surface area contributed by atoms with Gasteiger partial charge in [0.05, 0.1) is 0 Å². The minimum absolute atomic E-state index is 0.0136. The second-order valence-corrected chi connectivity index (χ2v) is 10.3. The van der Waals surface area contributed by atoms with Gasteiger partial charge in [-0.1, -0.05) is 107 Å². The zero-order valence-electron chi connectivity index (χ0n) is 23.7. The molecule has 0 aromatic heterocycles. The van der Waals surface area contributed by atoms with Gasteiger partial charge in [0.25, 0.3) is 0 Å². The van der Waals surface area contributed by atoms with Crippen molar-refractivity contribution in [1.82, 2.24) is 0 Å². The molecule has 6 nitrogen and oxygen atoms in total. The lowest BCUT2D eigenvalue weighted by Gasteiger charge is -2.22. The molecule has 7 heteroatoms. The van der Waals surface area contributed by atoms with E-state index in [1.54, 1.807) is 6.08 Å². The van der Waals surface area contributed by atoms with Crippen LogP contribution in [0.25, 0.3) is 6.08 Å². The number of nitrogens with two attached hydrogens (primary N) is 1. The molecule has 40 heavy (non-hydrogen) atoms. The molecule has 4 atom stereocenters. The highest BCUT2D eigenvalue weighted by Gasteiger charge is 2.20. The van der Waals surface area contributed by atoms with Crippen molar-refractivity contribution >= 4 is 40.7 Å². The maximum Gasteiger partial charge on any atom is 0.404 e. The van der Waals surface area contributed by atoms with Crippen molar-refractivity contribution in [2.24, 2.45) is 11.7 Å². The minimum atomic E-state index is -0.987. The van der Waals surface area contributed by atoms with Crippen LogP contribution in [0.2, 0.25) is 0 Å². The third-order valence-electron chi connectivity index (χ3n) is 6.00. The molecule has 0 fully saturated rings. The van der Waals surface area contributed by atoms with Crippen molar-refractivity contribution in [3.8, 4) is 0 Å². The maximum atomic E-state index is 12.8. The number of rotatable bonds is 17. The molecule has 0 aliphatic heterocycles. The fourth-order valence-electron chi connectivity index (χ4n) is 3.93. The Morgan fingerprint density at radius 2 is 1.90 bits per heavy atom. The first kappa shape index (κ1) is 34.9. The summed E-state index contributed by atoms with van der Waals surface area (Å²) in [6.45, 7) is 13.3. The fourth-order valence-corrected chi connectivity index (χ4v) is 4.50. The summed E-state index contributed by atoms with van der Waals surface area (Å²) < 4.78 is 12.8. The second kappa shape index (κ2) is 19.8. The molecule has 0 saturated heterocycles. The van der Waals surface area contributed by atoms with Gasteiger partial charge in [0.2, 0.25) is 0 Å². The number of primary amides is 1. The predicted molar refractivity (Wildman–Crippen MR) is 173 cm³/mol. The summed E-state index contributed by atoms with van der Waals surface area (Å²) in [5.74, 6) is -0.411. The van der Waals surface area contributed by atoms with Crippen molar-refractivity contribution in [3.05, 3.63) is 112 Å². The standard InChI is InChI=1S/C33H42INO5/c1-6-12-27-14-11-15-28(23-27)17-18-32(37)39-31(26(5)21-25(4)19-20-34)22-24(3)13-9-8-10-16-30(29(36)7-2)40-33(35)38/h6-9,11,13-15,17-21,23,26,29-31,36H,1-2,10,12,16,22H2,3-5H3,(H2,35,38)/b9-8+,18-17+,20-19+,24-13+,25-21+/t26-,29+,30+,31-/m1/s1. The van der Waals surface area contributed by atoms with Crippen LogP contribution in [-0.4, -0.2) is 35.5 Å². The number of aliphatic hydroxyl groups excluding tert-OH is 1. The number of halogens is 1. The van der Waals surface area contributed by atoms with Crippen molar-refractivity contribution in [2.75, 3.05) is 0 Å². The average molecular weight is 660 g/mol. The topological polar surface area (TPSA) is 98.9 Å². The van der Waals surface area contributed by atoms with Gasteiger partial charge in [-0.15, -0.1) is 13.2 Å². The molecule has 1 aromatic rings. The Bertz CT molecular complexity index is 1130. The molecule has 0 heterocycles. The Hall–Kier alpha value is -3.17. The Morgan fingerprint density at radius 3 is 2.55 bits per heavy atom. The van der Waals surface area contributed by atoms with Crippen LogP contribution >= 0.6 is 22.6 Å². The number of hydrogen-bond donors (Lipinski definition) is 2. The van der Waals surface area contributed by atoms with Crippen molar-refractivity contribution in [3.63, 3.8) is 0 Å². The van der Waals surface area contributed by atoms with Gasteiger partial charge >= 0.3 is 12.1 Å². The third kappa shape index (κ3) is 14.8. The Labute approximate surface area is 252 Å². The first-order valence-corrected chi connectivity index (χ1v) is 14.5. The highest BCUT2D eigenvalue weighted by Crippen LogP contribution is 2.21. The number of amides is 1. The van der Waals surface area contributed by atoms with Crippen molar-refractivity contribution in [1.29, 1.82) is 0 Å². The number of allylic oxidation sites excluding steroid dienone is 6. The van der Waals surface area contributed by atoms with Crippen LogP contribution in [0.3, 0.4) is 0 Å². The number of esters is 1. The van der Waals surface area contributed by atoms with E-state index in [9.17, 15) is 14.7 Å². The summed E-state index contributed by atoms with van der Waals surface area (Å²) in [6.07, 6.45) is 15.5. The van der Waals surface area contributed by atoms with E-state index in [0.29, 0.717) is 19.3 Å². The number of benzene rings is 1. The molecule has 216 valence electrons. The summed E-state index contributed by atoms with van der Waals surface area (Å²) >= 11 is 2.18. The van der Waals surface area contributed by atoms with E-state index in [1.165, 1.54) is 12.2 Å². The number of ether oxygens (including phenoxy) is 2. The third-order valence-corrected chi connectivity index (χ3v) is 6.36. The van der Waals surface area contributed by atoms with Gasteiger partial charge in [-0.3, -0.25) is 0 Å². The summed E-state index contributed by atoms with van der Waals surface area (Å²) in [4.78, 5) is 23.9. The molecule has 0 aliphatic carbocycles. The Morgan fingerprint density at radius 1 is 1.15 bits per heavy atom. The first-order valence-electron chi connectivity index (χ1n) is 13.2. The highest BCUT2D eigenvalue weighted by molar-refractivity contribution is 14.1. The summed E-state index contributed by atoms with van der Waals surface area (Å²) in [5.41, 5.74) is 9.27. The van der Waals surface area contributed by atoms with Gasteiger partial charge in [-0.2, -0.15) is 0 Å². The summed E-state index contributed by atoms with van der Waals surface area (Å²) in [5, 5.41) is 9.92. The quantitative estimate of drug-likeness (QED) is 0.0592. The van der Waals surface area contributed by atoms with Gasteiger partial charge in [-0.05, 0) is 54.4 Å². The summed E-state index contributed by atoms with van der Waals surface area (Å²) in [6, 6.07) is 7.94. The van der Waals surface area contributed by atoms with Crippen LogP contribution in [0.1, 0.15) is 51.2 Å². The number of carbonyl (C=O) groups excluding carboxylic acids is 2. The fraction of sp³-hybridized carbons (Fsp3) is 0.333. The van der Waals surface area contributed by atoms with E-state index in [-0.39, 0.29) is 12.0 Å². The van der Waals surface area contributed by atoms with E-state index in [4.69, 9.17) is 15.2 Å². The molecule has 0 spiro atoms. The van der Waals surface area contributed by atoms with Gasteiger partial charge in [-0.25, -0.2) is 9.59 Å². The monoisotopic (exact) mass is 659 g/mol. The zero-order valence-corrected chi connectivity index (χ0v) is 25.8. The SMILES string of the molecule is C=CCc1cccc(/C=C/C(=O)O[C@H](C/C(C)=C/C=C/CC[C@H](OC(N)=O)[C@@H](O)C=C)[C@H](C)/C=C(C)/C=C/I)c1. The lowest BCUT2D eigenvalue weighted by atomic mass is 9.95. The predicted octanol–water partition coefficient (Wildman–Crippen LogP) is 7.55. The van der Waals surface area contributed by atoms with Gasteiger partial charge in [0, 0.05) is 18.4 Å². The second-order valence-electron chi connectivity index (χ2n) is 9.53. The molecule has 0 unspecified atom stereocenters. The smallest absolute Gasteiger partial charge is 0.404 e. The van der Waals surface area contributed by atoms with Gasteiger partial charge in [0.1, 0.15) is 18.3 Å². The lowest BCUT2D eigenvalue weighted by Crippen LogP contribution is -2.32. The van der Waals surface area contributed by atoms with Gasteiger partial charge < -0.3 is 20.3 Å². The molecule has 1 aromatic carbocycles. The molecule has 1 rings (SSSR count). The number of hydrogen-bond acceptors (Lipinski definition) is 5. The average Bonchev–Trinajstić information content (AvgIpc) is 2.90. The van der Waals surface area contributed by atoms with Crippen LogP contribution in [0.15, 0.2) is 101 Å². The van der Waals surface area contributed by atoms with Crippen LogP contribution in [0.4, 0.5) is 4.79 Å². The first-order chi connectivity index (χ1) is 19.1. The van der Waals surface area contributed by atoms with E-state index in [0.717, 1.165) is 28.7 Å². The molecular formula is C33H42INO5. The molecule has 3 N–H and O–H groups in total. The van der Waals surface area contributed by atoms with Crippen LogP contribution in [-0.2, 0) is 20.7 Å². The Kier molecular flexibility index (Phi) is 17.3. The molecule has 0 saturated carbocycles. The number of carbonyl (C=O) groups is 2. The Balaban J connectivity index is 2.93. The van der Waals surface area contributed by atoms with E-state index < -0.39 is 24.3 Å². The molecule has 0 radical (unpaired) electrons. The van der Waals surface area contributed by atoms with Gasteiger partial charge in [0.15, 0.2) is 0 Å². The summed E-state index contributed by atoms with van der Waals surface area (Å²) in [7, 11) is 0. The van der Waals surface area contributed by atoms with E-state index in [2.05, 4.69) is 41.8 Å².